The first-order valence-electron chi connectivity index (χ1n) is 8.57. The Balaban J connectivity index is 1.77. The molecule has 0 bridgehead atoms. The summed E-state index contributed by atoms with van der Waals surface area (Å²) in [5.41, 5.74) is 6.45. The molecular formula is C24H15ClO. The van der Waals surface area contributed by atoms with Crippen LogP contribution in [0.3, 0.4) is 0 Å². The smallest absolute Gasteiger partial charge is 0.136 e. The van der Waals surface area contributed by atoms with E-state index < -0.39 is 0 Å². The van der Waals surface area contributed by atoms with Gasteiger partial charge < -0.3 is 4.42 Å². The van der Waals surface area contributed by atoms with Gasteiger partial charge >= 0.3 is 0 Å². The molecular weight excluding hydrogens is 340 g/mol. The Morgan fingerprint density at radius 3 is 2.12 bits per heavy atom. The molecule has 0 saturated heterocycles. The van der Waals surface area contributed by atoms with Gasteiger partial charge in [-0.3, -0.25) is 0 Å². The highest BCUT2D eigenvalue weighted by atomic mass is 35.5. The van der Waals surface area contributed by atoms with Gasteiger partial charge in [0.1, 0.15) is 11.2 Å². The van der Waals surface area contributed by atoms with E-state index in [0.29, 0.717) is 0 Å². The van der Waals surface area contributed by atoms with Crippen LogP contribution in [0.4, 0.5) is 0 Å². The van der Waals surface area contributed by atoms with Gasteiger partial charge in [-0.05, 0) is 46.5 Å². The largest absolute Gasteiger partial charge is 0.456 e. The highest BCUT2D eigenvalue weighted by Crippen LogP contribution is 2.38. The summed E-state index contributed by atoms with van der Waals surface area (Å²) in [6.45, 7) is 0. The number of hydrogen-bond donors (Lipinski definition) is 0. The third-order valence-corrected chi connectivity index (χ3v) is 5.08. The van der Waals surface area contributed by atoms with Gasteiger partial charge in [0.05, 0.1) is 5.02 Å². The third kappa shape index (κ3) is 2.40. The van der Waals surface area contributed by atoms with Crippen LogP contribution in [0.25, 0.3) is 44.2 Å². The molecule has 0 aliphatic carbocycles. The van der Waals surface area contributed by atoms with Gasteiger partial charge in [-0.2, -0.15) is 0 Å². The van der Waals surface area contributed by atoms with E-state index >= 15 is 0 Å². The summed E-state index contributed by atoms with van der Waals surface area (Å²) in [5.74, 6) is 0. The van der Waals surface area contributed by atoms with E-state index in [2.05, 4.69) is 60.7 Å². The first-order valence-corrected chi connectivity index (χ1v) is 8.95. The topological polar surface area (TPSA) is 13.1 Å². The van der Waals surface area contributed by atoms with E-state index in [4.69, 9.17) is 16.0 Å². The minimum atomic E-state index is 0.717. The van der Waals surface area contributed by atoms with Crippen LogP contribution in [-0.4, -0.2) is 0 Å². The van der Waals surface area contributed by atoms with Crippen LogP contribution in [0.5, 0.6) is 0 Å². The molecule has 124 valence electrons. The SMILES string of the molecule is Clc1cccc2oc3ccc(-c4ccccc4-c4ccccc4)cc3c12. The van der Waals surface area contributed by atoms with Crippen molar-refractivity contribution < 1.29 is 4.42 Å². The predicted molar refractivity (Wildman–Crippen MR) is 110 cm³/mol. The Morgan fingerprint density at radius 2 is 1.31 bits per heavy atom. The van der Waals surface area contributed by atoms with Crippen LogP contribution in [0, 0.1) is 0 Å². The lowest BCUT2D eigenvalue weighted by Crippen LogP contribution is -1.84. The van der Waals surface area contributed by atoms with Gasteiger partial charge in [-0.15, -0.1) is 0 Å². The lowest BCUT2D eigenvalue weighted by molar-refractivity contribution is 0.669. The Kier molecular flexibility index (Phi) is 3.55. The Labute approximate surface area is 156 Å². The molecule has 5 rings (SSSR count). The summed E-state index contributed by atoms with van der Waals surface area (Å²) in [7, 11) is 0. The molecule has 4 aromatic carbocycles. The van der Waals surface area contributed by atoms with E-state index in [1.807, 2.05) is 30.3 Å². The van der Waals surface area contributed by atoms with Crippen LogP contribution < -0.4 is 0 Å². The zero-order chi connectivity index (χ0) is 17.5. The fraction of sp³-hybridized carbons (Fsp3) is 0. The number of benzene rings is 4. The van der Waals surface area contributed by atoms with Gasteiger partial charge in [-0.25, -0.2) is 0 Å². The zero-order valence-electron chi connectivity index (χ0n) is 13.9. The van der Waals surface area contributed by atoms with Crippen molar-refractivity contribution in [2.75, 3.05) is 0 Å². The molecule has 1 aromatic heterocycles. The standard InChI is InChI=1S/C24H15ClO/c25-21-11-6-12-23-24(21)20-15-17(13-14-22(20)26-23)19-10-5-4-9-18(19)16-7-2-1-3-8-16/h1-15H. The van der Waals surface area contributed by atoms with E-state index in [9.17, 15) is 0 Å². The quantitative estimate of drug-likeness (QED) is 0.318. The molecule has 1 nitrogen and oxygen atoms in total. The molecule has 0 spiro atoms. The van der Waals surface area contributed by atoms with Gasteiger partial charge in [0, 0.05) is 10.8 Å². The molecule has 26 heavy (non-hydrogen) atoms. The first kappa shape index (κ1) is 15.2. The average Bonchev–Trinajstić information content (AvgIpc) is 3.07. The van der Waals surface area contributed by atoms with E-state index in [0.717, 1.165) is 32.5 Å². The molecule has 2 heteroatoms. The summed E-state index contributed by atoms with van der Waals surface area (Å²) in [5, 5.41) is 2.74. The molecule has 0 aliphatic rings. The molecule has 0 unspecified atom stereocenters. The molecule has 0 amide bonds. The fourth-order valence-corrected chi connectivity index (χ4v) is 3.82. The second-order valence-corrected chi connectivity index (χ2v) is 6.74. The van der Waals surface area contributed by atoms with Crippen molar-refractivity contribution in [3.63, 3.8) is 0 Å². The Morgan fingerprint density at radius 1 is 0.577 bits per heavy atom. The van der Waals surface area contributed by atoms with Crippen LogP contribution in [0.15, 0.2) is 95.4 Å². The molecule has 0 aliphatic heterocycles. The second kappa shape index (κ2) is 6.05. The third-order valence-electron chi connectivity index (χ3n) is 4.77. The Hall–Kier alpha value is -3.03. The lowest BCUT2D eigenvalue weighted by Gasteiger charge is -2.10. The monoisotopic (exact) mass is 354 g/mol. The minimum absolute atomic E-state index is 0.717. The molecule has 0 N–H and O–H groups in total. The lowest BCUT2D eigenvalue weighted by atomic mass is 9.94. The summed E-state index contributed by atoms with van der Waals surface area (Å²) in [4.78, 5) is 0. The maximum absolute atomic E-state index is 6.44. The number of hydrogen-bond acceptors (Lipinski definition) is 1. The number of furan rings is 1. The predicted octanol–water partition coefficient (Wildman–Crippen LogP) is 7.57. The summed E-state index contributed by atoms with van der Waals surface area (Å²) in [6.07, 6.45) is 0. The van der Waals surface area contributed by atoms with Crippen LogP contribution in [0.1, 0.15) is 0 Å². The number of fused-ring (bicyclic) bond motifs is 3. The summed E-state index contributed by atoms with van der Waals surface area (Å²) < 4.78 is 5.95. The van der Waals surface area contributed by atoms with Gasteiger partial charge in [0.2, 0.25) is 0 Å². The average molecular weight is 355 g/mol. The summed E-state index contributed by atoms with van der Waals surface area (Å²) in [6, 6.07) is 31.0. The van der Waals surface area contributed by atoms with Crippen molar-refractivity contribution in [1.29, 1.82) is 0 Å². The number of rotatable bonds is 2. The molecule has 0 radical (unpaired) electrons. The molecule has 0 saturated carbocycles. The van der Waals surface area contributed by atoms with Crippen LogP contribution in [0.2, 0.25) is 5.02 Å². The van der Waals surface area contributed by atoms with Crippen molar-refractivity contribution in [1.82, 2.24) is 0 Å². The molecule has 0 fully saturated rings. The van der Waals surface area contributed by atoms with Crippen LogP contribution >= 0.6 is 11.6 Å². The highest BCUT2D eigenvalue weighted by Gasteiger charge is 2.13. The molecule has 0 atom stereocenters. The maximum atomic E-state index is 6.44. The van der Waals surface area contributed by atoms with Crippen molar-refractivity contribution in [3.8, 4) is 22.3 Å². The zero-order valence-corrected chi connectivity index (χ0v) is 14.7. The minimum Gasteiger partial charge on any atom is -0.456 e. The van der Waals surface area contributed by atoms with Crippen molar-refractivity contribution in [2.45, 2.75) is 0 Å². The molecule has 1 heterocycles. The first-order chi connectivity index (χ1) is 12.8. The van der Waals surface area contributed by atoms with Crippen molar-refractivity contribution in [3.05, 3.63) is 96.0 Å². The van der Waals surface area contributed by atoms with Gasteiger partial charge in [0.15, 0.2) is 0 Å². The highest BCUT2D eigenvalue weighted by molar-refractivity contribution is 6.37. The van der Waals surface area contributed by atoms with Crippen molar-refractivity contribution in [2.24, 2.45) is 0 Å². The van der Waals surface area contributed by atoms with E-state index in [-0.39, 0.29) is 0 Å². The van der Waals surface area contributed by atoms with E-state index in [1.54, 1.807) is 0 Å². The summed E-state index contributed by atoms with van der Waals surface area (Å²) >= 11 is 6.44. The molecule has 5 aromatic rings. The van der Waals surface area contributed by atoms with Gasteiger partial charge in [-0.1, -0.05) is 78.3 Å². The maximum Gasteiger partial charge on any atom is 0.136 e. The Bertz CT molecular complexity index is 1240. The van der Waals surface area contributed by atoms with E-state index in [1.165, 1.54) is 16.7 Å². The van der Waals surface area contributed by atoms with Crippen molar-refractivity contribution >= 4 is 33.5 Å². The fourth-order valence-electron chi connectivity index (χ4n) is 3.56. The van der Waals surface area contributed by atoms with Crippen LogP contribution in [-0.2, 0) is 0 Å². The van der Waals surface area contributed by atoms with Gasteiger partial charge in [0.25, 0.3) is 0 Å². The normalized spacial score (nSPS) is 11.3. The second-order valence-electron chi connectivity index (χ2n) is 6.34. The number of halogens is 1.